The Labute approximate surface area is 147 Å². The quantitative estimate of drug-likeness (QED) is 0.855. The van der Waals surface area contributed by atoms with Crippen LogP contribution in [0.5, 0.6) is 0 Å². The zero-order valence-corrected chi connectivity index (χ0v) is 14.1. The molecule has 0 saturated carbocycles. The first kappa shape index (κ1) is 16.9. The van der Waals surface area contributed by atoms with Crippen LogP contribution in [0.2, 0.25) is 0 Å². The van der Waals surface area contributed by atoms with Crippen molar-refractivity contribution in [3.05, 3.63) is 54.0 Å². The highest BCUT2D eigenvalue weighted by Crippen LogP contribution is 2.17. The molecule has 1 aromatic carbocycles. The zero-order valence-electron chi connectivity index (χ0n) is 14.1. The first-order valence-electron chi connectivity index (χ1n) is 8.55. The molecule has 25 heavy (non-hydrogen) atoms. The fourth-order valence-electron chi connectivity index (χ4n) is 3.07. The van der Waals surface area contributed by atoms with Crippen LogP contribution >= 0.6 is 0 Å². The minimum absolute atomic E-state index is 0.186. The SMILES string of the molecule is N#Cc1nccnc1N1CCCN(C(=O)CCc2ccccc2)CC1. The van der Waals surface area contributed by atoms with Gasteiger partial charge in [-0.1, -0.05) is 30.3 Å². The van der Waals surface area contributed by atoms with Crippen molar-refractivity contribution >= 4 is 11.7 Å². The maximum atomic E-state index is 12.5. The summed E-state index contributed by atoms with van der Waals surface area (Å²) in [7, 11) is 0. The summed E-state index contributed by atoms with van der Waals surface area (Å²) in [4.78, 5) is 24.9. The minimum Gasteiger partial charge on any atom is -0.352 e. The van der Waals surface area contributed by atoms with E-state index in [1.165, 1.54) is 11.8 Å². The number of hydrogen-bond acceptors (Lipinski definition) is 5. The summed E-state index contributed by atoms with van der Waals surface area (Å²) in [5.74, 6) is 0.800. The highest BCUT2D eigenvalue weighted by molar-refractivity contribution is 5.76. The molecule has 1 saturated heterocycles. The standard InChI is InChI=1S/C19H21N5O/c20-15-17-19(22-10-9-21-17)24-12-4-11-23(13-14-24)18(25)8-7-16-5-2-1-3-6-16/h1-3,5-6,9-10H,4,7-8,11-14H2. The Kier molecular flexibility index (Phi) is 5.57. The Bertz CT molecular complexity index is 756. The van der Waals surface area contributed by atoms with E-state index in [0.717, 1.165) is 25.9 Å². The van der Waals surface area contributed by atoms with Crippen LogP contribution in [0, 0.1) is 11.3 Å². The average Bonchev–Trinajstić information content (AvgIpc) is 2.93. The highest BCUT2D eigenvalue weighted by Gasteiger charge is 2.21. The van der Waals surface area contributed by atoms with E-state index in [1.807, 2.05) is 23.1 Å². The molecule has 0 N–H and O–H groups in total. The Morgan fingerprint density at radius 3 is 2.68 bits per heavy atom. The second kappa shape index (κ2) is 8.25. The van der Waals surface area contributed by atoms with Gasteiger partial charge in [0.15, 0.2) is 11.5 Å². The molecule has 0 radical (unpaired) electrons. The number of carbonyl (C=O) groups is 1. The van der Waals surface area contributed by atoms with Gasteiger partial charge in [-0.2, -0.15) is 5.26 Å². The van der Waals surface area contributed by atoms with Crippen molar-refractivity contribution in [1.29, 1.82) is 5.26 Å². The fourth-order valence-corrected chi connectivity index (χ4v) is 3.07. The van der Waals surface area contributed by atoms with Crippen LogP contribution in [-0.4, -0.2) is 47.0 Å². The summed E-state index contributed by atoms with van der Waals surface area (Å²) in [6, 6.07) is 12.2. The first-order valence-corrected chi connectivity index (χ1v) is 8.55. The molecule has 3 rings (SSSR count). The smallest absolute Gasteiger partial charge is 0.222 e. The predicted octanol–water partition coefficient (Wildman–Crippen LogP) is 2.02. The largest absolute Gasteiger partial charge is 0.352 e. The molecular weight excluding hydrogens is 314 g/mol. The van der Waals surface area contributed by atoms with E-state index in [9.17, 15) is 10.1 Å². The second-order valence-electron chi connectivity index (χ2n) is 6.05. The van der Waals surface area contributed by atoms with E-state index >= 15 is 0 Å². The number of carbonyl (C=O) groups excluding carboxylic acids is 1. The van der Waals surface area contributed by atoms with Crippen LogP contribution in [0.1, 0.15) is 24.1 Å². The topological polar surface area (TPSA) is 73.1 Å². The van der Waals surface area contributed by atoms with Gasteiger partial charge in [0.2, 0.25) is 5.91 Å². The Morgan fingerprint density at radius 1 is 1.08 bits per heavy atom. The summed E-state index contributed by atoms with van der Waals surface area (Å²) in [5.41, 5.74) is 1.52. The van der Waals surface area contributed by atoms with Gasteiger partial charge in [-0.25, -0.2) is 9.97 Å². The molecule has 0 unspecified atom stereocenters. The lowest BCUT2D eigenvalue weighted by molar-refractivity contribution is -0.130. The van der Waals surface area contributed by atoms with Crippen LogP contribution in [0.4, 0.5) is 5.82 Å². The van der Waals surface area contributed by atoms with Crippen molar-refractivity contribution in [2.45, 2.75) is 19.3 Å². The van der Waals surface area contributed by atoms with Gasteiger partial charge in [-0.05, 0) is 18.4 Å². The maximum Gasteiger partial charge on any atom is 0.222 e. The number of rotatable bonds is 4. The van der Waals surface area contributed by atoms with Gasteiger partial charge in [-0.15, -0.1) is 0 Å². The lowest BCUT2D eigenvalue weighted by Gasteiger charge is -2.23. The fraction of sp³-hybridized carbons (Fsp3) is 0.368. The van der Waals surface area contributed by atoms with Crippen LogP contribution in [0.25, 0.3) is 0 Å². The Hall–Kier alpha value is -2.94. The van der Waals surface area contributed by atoms with Gasteiger partial charge >= 0.3 is 0 Å². The van der Waals surface area contributed by atoms with Gasteiger partial charge < -0.3 is 9.80 Å². The number of amides is 1. The number of benzene rings is 1. The van der Waals surface area contributed by atoms with Crippen molar-refractivity contribution in [3.8, 4) is 6.07 Å². The summed E-state index contributed by atoms with van der Waals surface area (Å²) >= 11 is 0. The van der Waals surface area contributed by atoms with Crippen LogP contribution < -0.4 is 4.90 Å². The molecule has 0 bridgehead atoms. The van der Waals surface area contributed by atoms with Crippen molar-refractivity contribution < 1.29 is 4.79 Å². The van der Waals surface area contributed by atoms with Gasteiger partial charge in [0.25, 0.3) is 0 Å². The summed E-state index contributed by atoms with van der Waals surface area (Å²) in [6.45, 7) is 2.83. The number of anilines is 1. The van der Waals surface area contributed by atoms with Gasteiger partial charge in [0.1, 0.15) is 6.07 Å². The molecule has 2 aromatic rings. The van der Waals surface area contributed by atoms with Crippen LogP contribution in [-0.2, 0) is 11.2 Å². The molecule has 1 aliphatic rings. The molecule has 0 aliphatic carbocycles. The van der Waals surface area contributed by atoms with E-state index in [4.69, 9.17) is 0 Å². The van der Waals surface area contributed by atoms with Crippen LogP contribution in [0.3, 0.4) is 0 Å². The number of aryl methyl sites for hydroxylation is 1. The molecule has 1 amide bonds. The molecule has 1 fully saturated rings. The van der Waals surface area contributed by atoms with E-state index in [2.05, 4.69) is 33.1 Å². The third-order valence-electron chi connectivity index (χ3n) is 4.40. The third kappa shape index (κ3) is 4.32. The van der Waals surface area contributed by atoms with Crippen molar-refractivity contribution in [2.24, 2.45) is 0 Å². The van der Waals surface area contributed by atoms with Crippen molar-refractivity contribution in [2.75, 3.05) is 31.1 Å². The summed E-state index contributed by atoms with van der Waals surface area (Å²) in [6.07, 6.45) is 5.28. The number of nitrogens with zero attached hydrogens (tertiary/aromatic N) is 5. The monoisotopic (exact) mass is 335 g/mol. The number of hydrogen-bond donors (Lipinski definition) is 0. The van der Waals surface area contributed by atoms with Gasteiger partial charge in [0.05, 0.1) is 0 Å². The number of nitriles is 1. The summed E-state index contributed by atoms with van der Waals surface area (Å²) in [5, 5.41) is 9.19. The Morgan fingerprint density at radius 2 is 1.88 bits per heavy atom. The van der Waals surface area contributed by atoms with Crippen molar-refractivity contribution in [1.82, 2.24) is 14.9 Å². The van der Waals surface area contributed by atoms with Gasteiger partial charge in [0, 0.05) is 45.0 Å². The van der Waals surface area contributed by atoms with Crippen LogP contribution in [0.15, 0.2) is 42.7 Å². The molecule has 2 heterocycles. The third-order valence-corrected chi connectivity index (χ3v) is 4.40. The molecule has 0 atom stereocenters. The number of aromatic nitrogens is 2. The molecule has 128 valence electrons. The van der Waals surface area contributed by atoms with E-state index in [1.54, 1.807) is 6.20 Å². The van der Waals surface area contributed by atoms with E-state index in [-0.39, 0.29) is 5.91 Å². The van der Waals surface area contributed by atoms with Gasteiger partial charge in [-0.3, -0.25) is 4.79 Å². The molecule has 1 aromatic heterocycles. The normalized spacial score (nSPS) is 14.7. The predicted molar refractivity (Wildman–Crippen MR) is 94.9 cm³/mol. The maximum absolute atomic E-state index is 12.5. The minimum atomic E-state index is 0.186. The van der Waals surface area contributed by atoms with E-state index in [0.29, 0.717) is 31.0 Å². The van der Waals surface area contributed by atoms with E-state index < -0.39 is 0 Å². The Balaban J connectivity index is 1.58. The lowest BCUT2D eigenvalue weighted by atomic mass is 10.1. The molecule has 6 heteroatoms. The molecule has 1 aliphatic heterocycles. The highest BCUT2D eigenvalue weighted by atomic mass is 16.2. The molecule has 6 nitrogen and oxygen atoms in total. The zero-order chi connectivity index (χ0) is 17.5. The molecule has 0 spiro atoms. The second-order valence-corrected chi connectivity index (χ2v) is 6.05. The summed E-state index contributed by atoms with van der Waals surface area (Å²) < 4.78 is 0. The van der Waals surface area contributed by atoms with Crippen molar-refractivity contribution in [3.63, 3.8) is 0 Å². The average molecular weight is 335 g/mol. The lowest BCUT2D eigenvalue weighted by Crippen LogP contribution is -2.35. The molecular formula is C19H21N5O. The first-order chi connectivity index (χ1) is 12.3.